The molecule has 1 saturated heterocycles. The van der Waals surface area contributed by atoms with E-state index in [0.29, 0.717) is 18.8 Å². The lowest BCUT2D eigenvalue weighted by Crippen LogP contribution is -2.57. The minimum absolute atomic E-state index is 0.0533. The molecule has 1 aliphatic heterocycles. The van der Waals surface area contributed by atoms with Crippen LogP contribution < -0.4 is 11.1 Å². The molecule has 8 heteroatoms. The van der Waals surface area contributed by atoms with E-state index in [-0.39, 0.29) is 17.8 Å². The van der Waals surface area contributed by atoms with E-state index < -0.39 is 4.92 Å². The van der Waals surface area contributed by atoms with Crippen molar-refractivity contribution in [2.75, 3.05) is 38.5 Å². The van der Waals surface area contributed by atoms with Gasteiger partial charge in [0.1, 0.15) is 0 Å². The second-order valence-corrected chi connectivity index (χ2v) is 5.08. The third-order valence-electron chi connectivity index (χ3n) is 3.53. The van der Waals surface area contributed by atoms with Gasteiger partial charge in [0.25, 0.3) is 5.69 Å². The van der Waals surface area contributed by atoms with Crippen molar-refractivity contribution in [3.05, 3.63) is 34.4 Å². The second-order valence-electron chi connectivity index (χ2n) is 5.08. The summed E-state index contributed by atoms with van der Waals surface area (Å²) in [5, 5.41) is 13.4. The van der Waals surface area contributed by atoms with E-state index in [1.54, 1.807) is 11.0 Å². The molecule has 1 heterocycles. The van der Waals surface area contributed by atoms with Crippen LogP contribution in [-0.2, 0) is 0 Å². The van der Waals surface area contributed by atoms with Gasteiger partial charge >= 0.3 is 6.03 Å². The SMILES string of the molecule is CN1CCN(C(=O)Nc2cccc([N+](=O)[O-])c2)C(CN)C1. The number of non-ortho nitro benzene ring substituents is 1. The molecule has 0 aromatic heterocycles. The van der Waals surface area contributed by atoms with Gasteiger partial charge in [-0.2, -0.15) is 0 Å². The Balaban J connectivity index is 2.06. The number of amides is 2. The summed E-state index contributed by atoms with van der Waals surface area (Å²) in [5.74, 6) is 0. The number of carbonyl (C=O) groups is 1. The first kappa shape index (κ1) is 15.2. The van der Waals surface area contributed by atoms with Gasteiger partial charge < -0.3 is 20.9 Å². The van der Waals surface area contributed by atoms with Crippen LogP contribution in [0.25, 0.3) is 0 Å². The van der Waals surface area contributed by atoms with E-state index in [2.05, 4.69) is 10.2 Å². The van der Waals surface area contributed by atoms with Crippen molar-refractivity contribution in [2.24, 2.45) is 5.73 Å². The number of carbonyl (C=O) groups excluding carboxylic acids is 1. The fourth-order valence-electron chi connectivity index (χ4n) is 2.37. The molecule has 3 N–H and O–H groups in total. The van der Waals surface area contributed by atoms with E-state index in [0.717, 1.165) is 13.1 Å². The van der Waals surface area contributed by atoms with E-state index in [1.165, 1.54) is 18.2 Å². The van der Waals surface area contributed by atoms with Gasteiger partial charge in [0.2, 0.25) is 0 Å². The number of benzene rings is 1. The van der Waals surface area contributed by atoms with Gasteiger partial charge in [0.15, 0.2) is 0 Å². The number of nitrogens with one attached hydrogen (secondary N) is 1. The number of hydrogen-bond acceptors (Lipinski definition) is 5. The zero-order valence-corrected chi connectivity index (χ0v) is 11.9. The Hall–Kier alpha value is -2.19. The molecular formula is C13H19N5O3. The van der Waals surface area contributed by atoms with E-state index >= 15 is 0 Å². The zero-order chi connectivity index (χ0) is 15.4. The first-order chi connectivity index (χ1) is 10.0. The van der Waals surface area contributed by atoms with Gasteiger partial charge in [0.05, 0.1) is 11.0 Å². The van der Waals surface area contributed by atoms with E-state index in [4.69, 9.17) is 5.73 Å². The van der Waals surface area contributed by atoms with Gasteiger partial charge in [-0.3, -0.25) is 10.1 Å². The molecule has 2 rings (SSSR count). The van der Waals surface area contributed by atoms with Crippen LogP contribution in [0.1, 0.15) is 0 Å². The Morgan fingerprint density at radius 3 is 2.95 bits per heavy atom. The summed E-state index contributed by atoms with van der Waals surface area (Å²) < 4.78 is 0. The summed E-state index contributed by atoms with van der Waals surface area (Å²) in [4.78, 5) is 26.3. The van der Waals surface area contributed by atoms with Gasteiger partial charge in [-0.1, -0.05) is 6.07 Å². The number of urea groups is 1. The molecule has 0 spiro atoms. The number of hydrogen-bond donors (Lipinski definition) is 2. The van der Waals surface area contributed by atoms with Crippen LogP contribution in [-0.4, -0.2) is 60.0 Å². The summed E-state index contributed by atoms with van der Waals surface area (Å²) in [7, 11) is 1.98. The molecule has 1 aromatic carbocycles. The van der Waals surface area contributed by atoms with Crippen molar-refractivity contribution in [2.45, 2.75) is 6.04 Å². The monoisotopic (exact) mass is 293 g/mol. The molecule has 1 unspecified atom stereocenters. The Labute approximate surface area is 122 Å². The standard InChI is InChI=1S/C13H19N5O3/c1-16-5-6-17(12(8-14)9-16)13(19)15-10-3-2-4-11(7-10)18(20)21/h2-4,7,12H,5-6,8-9,14H2,1H3,(H,15,19). The van der Waals surface area contributed by atoms with Crippen molar-refractivity contribution in [3.63, 3.8) is 0 Å². The topological polar surface area (TPSA) is 105 Å². The molecule has 114 valence electrons. The molecule has 21 heavy (non-hydrogen) atoms. The molecule has 0 saturated carbocycles. The van der Waals surface area contributed by atoms with Crippen LogP contribution in [0.4, 0.5) is 16.2 Å². The molecule has 0 radical (unpaired) electrons. The third-order valence-corrected chi connectivity index (χ3v) is 3.53. The van der Waals surface area contributed by atoms with Crippen molar-refractivity contribution in [1.82, 2.24) is 9.80 Å². The number of piperazine rings is 1. The molecule has 2 amide bonds. The Kier molecular flexibility index (Phi) is 4.71. The minimum atomic E-state index is -0.492. The highest BCUT2D eigenvalue weighted by atomic mass is 16.6. The molecular weight excluding hydrogens is 274 g/mol. The highest BCUT2D eigenvalue weighted by Crippen LogP contribution is 2.18. The van der Waals surface area contributed by atoms with Crippen LogP contribution in [0, 0.1) is 10.1 Å². The van der Waals surface area contributed by atoms with Crippen LogP contribution >= 0.6 is 0 Å². The molecule has 1 aliphatic rings. The molecule has 0 aliphatic carbocycles. The predicted octanol–water partition coefficient (Wildman–Crippen LogP) is 0.701. The van der Waals surface area contributed by atoms with E-state index in [1.807, 2.05) is 7.05 Å². The lowest BCUT2D eigenvalue weighted by atomic mass is 10.2. The number of nitrogens with two attached hydrogens (primary N) is 1. The van der Waals surface area contributed by atoms with E-state index in [9.17, 15) is 14.9 Å². The average Bonchev–Trinajstić information content (AvgIpc) is 2.47. The number of likely N-dealkylation sites (N-methyl/N-ethyl adjacent to an activating group) is 1. The summed E-state index contributed by atoms with van der Waals surface area (Å²) in [5.41, 5.74) is 6.07. The van der Waals surface area contributed by atoms with Gasteiger partial charge in [-0.25, -0.2) is 4.79 Å². The summed E-state index contributed by atoms with van der Waals surface area (Å²) in [6, 6.07) is 5.55. The zero-order valence-electron chi connectivity index (χ0n) is 11.9. The quantitative estimate of drug-likeness (QED) is 0.630. The third kappa shape index (κ3) is 3.67. The number of nitro benzene ring substituents is 1. The van der Waals surface area contributed by atoms with Crippen LogP contribution in [0.3, 0.4) is 0 Å². The average molecular weight is 293 g/mol. The number of rotatable bonds is 3. The van der Waals surface area contributed by atoms with Crippen molar-refractivity contribution < 1.29 is 9.72 Å². The molecule has 1 aromatic rings. The lowest BCUT2D eigenvalue weighted by Gasteiger charge is -2.39. The Bertz CT molecular complexity index is 536. The van der Waals surface area contributed by atoms with Gasteiger partial charge in [-0.05, 0) is 13.1 Å². The lowest BCUT2D eigenvalue weighted by molar-refractivity contribution is -0.384. The van der Waals surface area contributed by atoms with Crippen LogP contribution in [0.15, 0.2) is 24.3 Å². The fourth-order valence-corrected chi connectivity index (χ4v) is 2.37. The highest BCUT2D eigenvalue weighted by Gasteiger charge is 2.28. The van der Waals surface area contributed by atoms with Gasteiger partial charge in [0, 0.05) is 44.0 Å². The van der Waals surface area contributed by atoms with Crippen molar-refractivity contribution >= 4 is 17.4 Å². The summed E-state index contributed by atoms with van der Waals surface area (Å²) in [6.07, 6.45) is 0. The second kappa shape index (κ2) is 6.51. The summed E-state index contributed by atoms with van der Waals surface area (Å²) in [6.45, 7) is 2.46. The smallest absolute Gasteiger partial charge is 0.322 e. The van der Waals surface area contributed by atoms with Crippen molar-refractivity contribution in [3.8, 4) is 0 Å². The maximum atomic E-state index is 12.3. The normalized spacial score (nSPS) is 19.3. The number of anilines is 1. The largest absolute Gasteiger partial charge is 0.328 e. The molecule has 1 atom stereocenters. The van der Waals surface area contributed by atoms with Crippen LogP contribution in [0.5, 0.6) is 0 Å². The maximum absolute atomic E-state index is 12.3. The fraction of sp³-hybridized carbons (Fsp3) is 0.462. The first-order valence-corrected chi connectivity index (χ1v) is 6.72. The molecule has 8 nitrogen and oxygen atoms in total. The Morgan fingerprint density at radius 2 is 2.29 bits per heavy atom. The minimum Gasteiger partial charge on any atom is -0.328 e. The Morgan fingerprint density at radius 1 is 1.52 bits per heavy atom. The number of nitro groups is 1. The first-order valence-electron chi connectivity index (χ1n) is 6.72. The van der Waals surface area contributed by atoms with Gasteiger partial charge in [-0.15, -0.1) is 0 Å². The van der Waals surface area contributed by atoms with Crippen molar-refractivity contribution in [1.29, 1.82) is 0 Å². The maximum Gasteiger partial charge on any atom is 0.322 e. The predicted molar refractivity (Wildman–Crippen MR) is 79.2 cm³/mol. The molecule has 1 fully saturated rings. The van der Waals surface area contributed by atoms with Crippen LogP contribution in [0.2, 0.25) is 0 Å². The number of nitrogens with zero attached hydrogens (tertiary/aromatic N) is 3. The summed E-state index contributed by atoms with van der Waals surface area (Å²) >= 11 is 0. The molecule has 0 bridgehead atoms. The highest BCUT2D eigenvalue weighted by molar-refractivity contribution is 5.90.